The molecule has 28 heavy (non-hydrogen) atoms. The molecule has 2 fully saturated rings. The van der Waals surface area contributed by atoms with E-state index in [0.29, 0.717) is 12.0 Å². The van der Waals surface area contributed by atoms with Gasteiger partial charge in [0.15, 0.2) is 0 Å². The Morgan fingerprint density at radius 2 is 1.82 bits per heavy atom. The van der Waals surface area contributed by atoms with E-state index in [1.165, 1.54) is 25.8 Å². The number of aromatic nitrogens is 2. The fourth-order valence-electron chi connectivity index (χ4n) is 5.04. The van der Waals surface area contributed by atoms with E-state index in [4.69, 9.17) is 14.7 Å². The lowest BCUT2D eigenvalue weighted by atomic mass is 10.0. The Morgan fingerprint density at radius 3 is 2.57 bits per heavy atom. The molecule has 1 aromatic heterocycles. The Bertz CT molecular complexity index is 808. The SMILES string of the molecule is Cc1nc(C2CCOC2)cc(N2CCCN(C3Cc4ccccc4C3)CC2)n1. The summed E-state index contributed by atoms with van der Waals surface area (Å²) in [6.07, 6.45) is 4.67. The number of nitrogens with zero attached hydrogens (tertiary/aromatic N) is 4. The lowest BCUT2D eigenvalue weighted by Gasteiger charge is -2.27. The van der Waals surface area contributed by atoms with Gasteiger partial charge in [-0.25, -0.2) is 9.97 Å². The molecule has 0 amide bonds. The Morgan fingerprint density at radius 1 is 1.00 bits per heavy atom. The van der Waals surface area contributed by atoms with E-state index in [1.807, 2.05) is 6.92 Å². The zero-order valence-corrected chi connectivity index (χ0v) is 16.8. The van der Waals surface area contributed by atoms with Crippen molar-refractivity contribution >= 4 is 5.82 Å². The largest absolute Gasteiger partial charge is 0.381 e. The van der Waals surface area contributed by atoms with E-state index < -0.39 is 0 Å². The van der Waals surface area contributed by atoms with Crippen molar-refractivity contribution in [3.8, 4) is 0 Å². The molecular weight excluding hydrogens is 348 g/mol. The van der Waals surface area contributed by atoms with Crippen molar-refractivity contribution in [1.82, 2.24) is 14.9 Å². The monoisotopic (exact) mass is 378 g/mol. The predicted octanol–water partition coefficient (Wildman–Crippen LogP) is 2.97. The lowest BCUT2D eigenvalue weighted by molar-refractivity contribution is 0.193. The van der Waals surface area contributed by atoms with Gasteiger partial charge < -0.3 is 9.64 Å². The van der Waals surface area contributed by atoms with Crippen molar-refractivity contribution in [2.75, 3.05) is 44.3 Å². The van der Waals surface area contributed by atoms with Crippen LogP contribution in [0.25, 0.3) is 0 Å². The van der Waals surface area contributed by atoms with Crippen LogP contribution in [0.15, 0.2) is 30.3 Å². The van der Waals surface area contributed by atoms with Gasteiger partial charge in [0.25, 0.3) is 0 Å². The van der Waals surface area contributed by atoms with Crippen molar-refractivity contribution in [2.45, 2.75) is 44.6 Å². The normalized spacial score (nSPS) is 23.8. The number of benzene rings is 1. The first kappa shape index (κ1) is 18.1. The quantitative estimate of drug-likeness (QED) is 0.821. The first-order valence-corrected chi connectivity index (χ1v) is 10.8. The molecule has 1 aliphatic carbocycles. The molecule has 3 heterocycles. The summed E-state index contributed by atoms with van der Waals surface area (Å²) in [5, 5.41) is 0. The van der Waals surface area contributed by atoms with E-state index in [0.717, 1.165) is 56.6 Å². The topological polar surface area (TPSA) is 41.5 Å². The Kier molecular flexibility index (Phi) is 5.03. The fraction of sp³-hybridized carbons (Fsp3) is 0.565. The van der Waals surface area contributed by atoms with Crippen LogP contribution >= 0.6 is 0 Å². The van der Waals surface area contributed by atoms with Gasteiger partial charge in [-0.2, -0.15) is 0 Å². The fourth-order valence-corrected chi connectivity index (χ4v) is 5.04. The first-order chi connectivity index (χ1) is 13.8. The van der Waals surface area contributed by atoms with Crippen LogP contribution in [0.5, 0.6) is 0 Å². The molecular formula is C23H30N4O. The number of hydrogen-bond donors (Lipinski definition) is 0. The molecule has 0 radical (unpaired) electrons. The van der Waals surface area contributed by atoms with Crippen molar-refractivity contribution in [2.24, 2.45) is 0 Å². The first-order valence-electron chi connectivity index (χ1n) is 10.8. The molecule has 0 bridgehead atoms. The van der Waals surface area contributed by atoms with Crippen LogP contribution in [0.3, 0.4) is 0 Å². The van der Waals surface area contributed by atoms with Gasteiger partial charge >= 0.3 is 0 Å². The van der Waals surface area contributed by atoms with E-state index in [9.17, 15) is 0 Å². The van der Waals surface area contributed by atoms with Crippen LogP contribution in [0.4, 0.5) is 5.82 Å². The molecule has 3 aliphatic rings. The maximum atomic E-state index is 5.57. The zero-order valence-electron chi connectivity index (χ0n) is 16.8. The molecule has 1 atom stereocenters. The van der Waals surface area contributed by atoms with Gasteiger partial charge in [-0.3, -0.25) is 4.90 Å². The Labute approximate surface area is 167 Å². The van der Waals surface area contributed by atoms with Crippen LogP contribution in [0.1, 0.15) is 41.4 Å². The van der Waals surface area contributed by atoms with Crippen molar-refractivity contribution in [1.29, 1.82) is 0 Å². The Balaban J connectivity index is 1.27. The summed E-state index contributed by atoms with van der Waals surface area (Å²) >= 11 is 0. The number of rotatable bonds is 3. The minimum atomic E-state index is 0.431. The van der Waals surface area contributed by atoms with Gasteiger partial charge in [-0.1, -0.05) is 24.3 Å². The second-order valence-electron chi connectivity index (χ2n) is 8.47. The van der Waals surface area contributed by atoms with Gasteiger partial charge in [0.05, 0.1) is 12.3 Å². The summed E-state index contributed by atoms with van der Waals surface area (Å²) in [7, 11) is 0. The summed E-state index contributed by atoms with van der Waals surface area (Å²) in [6.45, 7) is 8.09. The number of fused-ring (bicyclic) bond motifs is 1. The molecule has 2 aromatic rings. The molecule has 2 aliphatic heterocycles. The van der Waals surface area contributed by atoms with E-state index >= 15 is 0 Å². The molecule has 5 nitrogen and oxygen atoms in total. The Hall–Kier alpha value is -1.98. The van der Waals surface area contributed by atoms with Gasteiger partial charge in [0.1, 0.15) is 11.6 Å². The summed E-state index contributed by atoms with van der Waals surface area (Å²) < 4.78 is 5.57. The molecule has 148 valence electrons. The molecule has 1 aromatic carbocycles. The third-order valence-corrected chi connectivity index (χ3v) is 6.59. The number of aryl methyl sites for hydroxylation is 1. The second kappa shape index (κ2) is 7.80. The standard InChI is InChI=1S/C23H30N4O/c1-17-24-22(20-7-12-28-16-20)15-23(25-17)27-9-4-8-26(10-11-27)21-13-18-5-2-3-6-19(18)14-21/h2-3,5-6,15,20-21H,4,7-14,16H2,1H3. The number of hydrogen-bond acceptors (Lipinski definition) is 5. The third kappa shape index (κ3) is 3.65. The highest BCUT2D eigenvalue weighted by Crippen LogP contribution is 2.28. The average Bonchev–Trinajstić information content (AvgIpc) is 3.32. The van der Waals surface area contributed by atoms with Crippen molar-refractivity contribution in [3.05, 3.63) is 53.0 Å². The second-order valence-corrected chi connectivity index (χ2v) is 8.47. The highest BCUT2D eigenvalue weighted by atomic mass is 16.5. The van der Waals surface area contributed by atoms with Crippen LogP contribution in [0, 0.1) is 6.92 Å². The van der Waals surface area contributed by atoms with E-state index in [2.05, 4.69) is 40.1 Å². The van der Waals surface area contributed by atoms with Gasteiger partial charge in [-0.05, 0) is 43.7 Å². The smallest absolute Gasteiger partial charge is 0.132 e. The van der Waals surface area contributed by atoms with E-state index in [-0.39, 0.29) is 0 Å². The van der Waals surface area contributed by atoms with Crippen LogP contribution in [0.2, 0.25) is 0 Å². The number of ether oxygens (including phenoxy) is 1. The zero-order chi connectivity index (χ0) is 18.9. The maximum absolute atomic E-state index is 5.57. The predicted molar refractivity (Wildman–Crippen MR) is 111 cm³/mol. The molecule has 0 spiro atoms. The summed E-state index contributed by atoms with van der Waals surface area (Å²) in [4.78, 5) is 14.7. The molecule has 2 saturated heterocycles. The minimum absolute atomic E-state index is 0.431. The maximum Gasteiger partial charge on any atom is 0.132 e. The minimum Gasteiger partial charge on any atom is -0.381 e. The van der Waals surface area contributed by atoms with Crippen molar-refractivity contribution < 1.29 is 4.74 Å². The van der Waals surface area contributed by atoms with Gasteiger partial charge in [-0.15, -0.1) is 0 Å². The van der Waals surface area contributed by atoms with E-state index in [1.54, 1.807) is 11.1 Å². The van der Waals surface area contributed by atoms with Gasteiger partial charge in [0, 0.05) is 50.8 Å². The van der Waals surface area contributed by atoms with Crippen molar-refractivity contribution in [3.63, 3.8) is 0 Å². The highest BCUT2D eigenvalue weighted by molar-refractivity contribution is 5.41. The van der Waals surface area contributed by atoms with Crippen LogP contribution < -0.4 is 4.90 Å². The van der Waals surface area contributed by atoms with Crippen LogP contribution in [-0.2, 0) is 17.6 Å². The third-order valence-electron chi connectivity index (χ3n) is 6.59. The average molecular weight is 379 g/mol. The molecule has 0 saturated carbocycles. The molecule has 5 heteroatoms. The van der Waals surface area contributed by atoms with Gasteiger partial charge in [0.2, 0.25) is 0 Å². The molecule has 5 rings (SSSR count). The molecule has 0 N–H and O–H groups in total. The number of anilines is 1. The summed E-state index contributed by atoms with van der Waals surface area (Å²) in [6, 6.07) is 11.8. The summed E-state index contributed by atoms with van der Waals surface area (Å²) in [5.74, 6) is 2.42. The lowest BCUT2D eigenvalue weighted by Crippen LogP contribution is -2.39. The highest BCUT2D eigenvalue weighted by Gasteiger charge is 2.28. The van der Waals surface area contributed by atoms with Crippen LogP contribution in [-0.4, -0.2) is 60.3 Å². The molecule has 1 unspecified atom stereocenters. The summed E-state index contributed by atoms with van der Waals surface area (Å²) in [5.41, 5.74) is 4.25.